The van der Waals surface area contributed by atoms with Crippen molar-refractivity contribution in [1.82, 2.24) is 24.6 Å². The lowest BCUT2D eigenvalue weighted by Crippen LogP contribution is -2.30. The number of fused-ring (bicyclic) bond motifs is 3. The van der Waals surface area contributed by atoms with Crippen LogP contribution in [0.1, 0.15) is 29.8 Å². The van der Waals surface area contributed by atoms with Gasteiger partial charge in [0.05, 0.1) is 32.8 Å². The Morgan fingerprint density at radius 1 is 1.07 bits per heavy atom. The molecule has 4 heterocycles. The molecule has 3 aromatic carbocycles. The van der Waals surface area contributed by atoms with Crippen LogP contribution in [0.25, 0.3) is 31.7 Å². The van der Waals surface area contributed by atoms with E-state index in [4.69, 9.17) is 9.17 Å². The smallest absolute Gasteiger partial charge is 0.298 e. The second kappa shape index (κ2) is 10.7. The van der Waals surface area contributed by atoms with Gasteiger partial charge in [0, 0.05) is 17.5 Å². The number of rotatable bonds is 7. The van der Waals surface area contributed by atoms with Crippen molar-refractivity contribution in [2.75, 3.05) is 10.9 Å². The zero-order valence-electron chi connectivity index (χ0n) is 23.8. The van der Waals surface area contributed by atoms with E-state index >= 15 is 0 Å². The average Bonchev–Trinajstić information content (AvgIpc) is 3.71. The summed E-state index contributed by atoms with van der Waals surface area (Å²) in [5.41, 5.74) is 10.9. The maximum Gasteiger partial charge on any atom is 0.298 e. The molecule has 0 spiro atoms. The second-order valence-electron chi connectivity index (χ2n) is 10.5. The quantitative estimate of drug-likeness (QED) is 0.169. The molecule has 1 aliphatic heterocycles. The average molecular weight is 627 g/mol. The third kappa shape index (κ3) is 5.02. The third-order valence-electron chi connectivity index (χ3n) is 7.18. The molecule has 222 valence electrons. The molecule has 7 rings (SSSR count). The normalized spacial score (nSPS) is 15.6. The molecule has 1 atom stereocenters. The Hall–Kier alpha value is -4.92. The number of aromatic amines is 1. The van der Waals surface area contributed by atoms with E-state index in [0.717, 1.165) is 32.2 Å². The molecule has 3 aromatic heterocycles. The Morgan fingerprint density at radius 2 is 1.89 bits per heavy atom. The zero-order chi connectivity index (χ0) is 30.6. The van der Waals surface area contributed by atoms with Crippen molar-refractivity contribution in [1.29, 1.82) is 0 Å². The summed E-state index contributed by atoms with van der Waals surface area (Å²) < 4.78 is 33.9. The molecule has 0 saturated carbocycles. The molecule has 0 aliphatic carbocycles. The fourth-order valence-corrected chi connectivity index (χ4v) is 7.15. The number of thiazole rings is 1. The third-order valence-corrected chi connectivity index (χ3v) is 9.55. The summed E-state index contributed by atoms with van der Waals surface area (Å²) in [6, 6.07) is 18.0. The molecule has 44 heavy (non-hydrogen) atoms. The van der Waals surface area contributed by atoms with E-state index in [9.17, 15) is 13.2 Å². The van der Waals surface area contributed by atoms with E-state index in [0.29, 0.717) is 11.5 Å². The van der Waals surface area contributed by atoms with Gasteiger partial charge in [0.15, 0.2) is 5.82 Å². The van der Waals surface area contributed by atoms with E-state index in [1.165, 1.54) is 22.4 Å². The van der Waals surface area contributed by atoms with Gasteiger partial charge in [-0.15, -0.1) is 11.3 Å². The van der Waals surface area contributed by atoms with Crippen LogP contribution in [-0.2, 0) is 20.9 Å². The summed E-state index contributed by atoms with van der Waals surface area (Å²) in [5.74, 6) is 0.637. The van der Waals surface area contributed by atoms with Gasteiger partial charge in [-0.25, -0.2) is 19.6 Å². The Balaban J connectivity index is 1.16. The zero-order valence-corrected chi connectivity index (χ0v) is 25.5. The summed E-state index contributed by atoms with van der Waals surface area (Å²) in [6.07, 6.45) is 1.57. The summed E-state index contributed by atoms with van der Waals surface area (Å²) >= 11 is 1.65. The second-order valence-corrected chi connectivity index (χ2v) is 13.1. The number of benzene rings is 3. The van der Waals surface area contributed by atoms with Crippen molar-refractivity contribution in [3.05, 3.63) is 100 Å². The summed E-state index contributed by atoms with van der Waals surface area (Å²) in [7, 11) is -4.31. The van der Waals surface area contributed by atoms with E-state index < -0.39 is 15.7 Å². The molecular formula is C30H26N8O4S2. The number of H-pyrrole nitrogens is 1. The number of hydrazone groups is 1. The standard InChI is InChI=1S/C30H26N8O4S2/c1-16-7-12-21-23(13-16)43-29(34-21)19-8-10-20(11-9-19)35-36-27-18(3)37-38-28(27)33-22-5-4-6-24(26(22)30(38)39)44(40,41)42-15-25-31-14-17(2)32-25/h4-14,18,35,37H,15H2,1-3H3,(H,31,32)/t18-/m1/s1. The van der Waals surface area contributed by atoms with Crippen LogP contribution in [-0.4, -0.2) is 44.8 Å². The Morgan fingerprint density at radius 3 is 2.66 bits per heavy atom. The molecule has 3 N–H and O–H groups in total. The van der Waals surface area contributed by atoms with Crippen LogP contribution in [0, 0.1) is 13.8 Å². The molecule has 0 fully saturated rings. The number of hydrogen-bond acceptors (Lipinski definition) is 11. The molecular weight excluding hydrogens is 601 g/mol. The summed E-state index contributed by atoms with van der Waals surface area (Å²) in [6.45, 7) is 5.40. The topological polar surface area (TPSA) is 156 Å². The van der Waals surface area contributed by atoms with Gasteiger partial charge in [0.1, 0.15) is 28.0 Å². The van der Waals surface area contributed by atoms with Gasteiger partial charge in [0.2, 0.25) is 0 Å². The van der Waals surface area contributed by atoms with Gasteiger partial charge in [-0.05, 0) is 74.9 Å². The highest BCUT2D eigenvalue weighted by Crippen LogP contribution is 2.31. The number of nitrogens with zero attached hydrogens (tertiary/aromatic N) is 5. The molecule has 1 aliphatic rings. The van der Waals surface area contributed by atoms with Crippen LogP contribution in [0.2, 0.25) is 0 Å². The fourth-order valence-electron chi connectivity index (χ4n) is 5.00. The number of nitrogens with one attached hydrogen (secondary N) is 3. The van der Waals surface area contributed by atoms with Gasteiger partial charge >= 0.3 is 0 Å². The first-order valence-corrected chi connectivity index (χ1v) is 15.9. The van der Waals surface area contributed by atoms with Crippen molar-refractivity contribution in [3.63, 3.8) is 0 Å². The highest BCUT2D eigenvalue weighted by Gasteiger charge is 2.31. The molecule has 0 radical (unpaired) electrons. The lowest BCUT2D eigenvalue weighted by Gasteiger charge is -2.10. The van der Waals surface area contributed by atoms with Crippen molar-refractivity contribution >= 4 is 54.0 Å². The number of imidazole rings is 1. The van der Waals surface area contributed by atoms with Crippen molar-refractivity contribution in [2.24, 2.45) is 5.10 Å². The van der Waals surface area contributed by atoms with Crippen LogP contribution < -0.4 is 16.4 Å². The van der Waals surface area contributed by atoms with Crippen molar-refractivity contribution in [3.8, 4) is 10.6 Å². The van der Waals surface area contributed by atoms with Gasteiger partial charge in [0.25, 0.3) is 15.7 Å². The van der Waals surface area contributed by atoms with Crippen LogP contribution in [0.4, 0.5) is 5.69 Å². The largest absolute Gasteiger partial charge is 0.344 e. The minimum atomic E-state index is -4.31. The molecule has 6 aromatic rings. The van der Waals surface area contributed by atoms with Crippen LogP contribution in [0.5, 0.6) is 0 Å². The molecule has 0 saturated heterocycles. The fraction of sp³-hybridized carbons (Fsp3) is 0.167. The number of aromatic nitrogens is 5. The van der Waals surface area contributed by atoms with Gasteiger partial charge < -0.3 is 10.4 Å². The maximum absolute atomic E-state index is 13.6. The van der Waals surface area contributed by atoms with Gasteiger partial charge in [-0.2, -0.15) is 13.5 Å². The Bertz CT molecular complexity index is 2270. The summed E-state index contributed by atoms with van der Waals surface area (Å²) in [5, 5.41) is 5.41. The van der Waals surface area contributed by atoms with Crippen LogP contribution in [0.15, 0.2) is 81.7 Å². The molecule has 0 amide bonds. The van der Waals surface area contributed by atoms with E-state index in [1.54, 1.807) is 30.5 Å². The number of aryl methyl sites for hydroxylation is 2. The Labute approximate surface area is 255 Å². The van der Waals surface area contributed by atoms with Crippen LogP contribution >= 0.6 is 11.3 Å². The molecule has 0 bridgehead atoms. The maximum atomic E-state index is 13.6. The first kappa shape index (κ1) is 27.9. The van der Waals surface area contributed by atoms with Gasteiger partial charge in [-0.3, -0.25) is 14.4 Å². The minimum absolute atomic E-state index is 0.0821. The number of hydrogen-bond donors (Lipinski definition) is 3. The molecule has 0 unspecified atom stereocenters. The minimum Gasteiger partial charge on any atom is -0.344 e. The first-order valence-electron chi connectivity index (χ1n) is 13.7. The number of anilines is 1. The summed E-state index contributed by atoms with van der Waals surface area (Å²) in [4.78, 5) is 29.7. The van der Waals surface area contributed by atoms with E-state index in [2.05, 4.69) is 50.0 Å². The monoisotopic (exact) mass is 626 g/mol. The first-order chi connectivity index (χ1) is 21.2. The van der Waals surface area contributed by atoms with E-state index in [1.807, 2.05) is 37.3 Å². The highest BCUT2D eigenvalue weighted by atomic mass is 32.2. The highest BCUT2D eigenvalue weighted by molar-refractivity contribution is 7.87. The Kier molecular flexibility index (Phi) is 6.76. The van der Waals surface area contributed by atoms with Crippen molar-refractivity contribution in [2.45, 2.75) is 38.3 Å². The lowest BCUT2D eigenvalue weighted by atomic mass is 10.2. The predicted molar refractivity (Wildman–Crippen MR) is 170 cm³/mol. The van der Waals surface area contributed by atoms with Gasteiger partial charge in [-0.1, -0.05) is 12.1 Å². The van der Waals surface area contributed by atoms with Crippen LogP contribution in [0.3, 0.4) is 0 Å². The molecule has 14 heteroatoms. The van der Waals surface area contributed by atoms with Crippen molar-refractivity contribution < 1.29 is 12.6 Å². The van der Waals surface area contributed by atoms with E-state index in [-0.39, 0.29) is 34.3 Å². The molecule has 12 nitrogen and oxygen atoms in total. The lowest BCUT2D eigenvalue weighted by molar-refractivity contribution is 0.300. The predicted octanol–water partition coefficient (Wildman–Crippen LogP) is 4.68. The SMILES string of the molecule is Cc1ccc2nc(-c3ccc(NN=C4c5nc6cccc(S(=O)(=O)OCc7ncc(C)[nH]7)c6c(=O)n5N[C@@H]4C)cc3)sc2c1.